The zero-order valence-electron chi connectivity index (χ0n) is 77.6. The van der Waals surface area contributed by atoms with Crippen molar-refractivity contribution in [3.63, 3.8) is 0 Å². The van der Waals surface area contributed by atoms with Gasteiger partial charge in [0.15, 0.2) is 0 Å². The van der Waals surface area contributed by atoms with Crippen LogP contribution < -0.4 is 81.5 Å². The van der Waals surface area contributed by atoms with Crippen LogP contribution in [0.3, 0.4) is 0 Å². The number of carbonyl (C=O) groups excluding carboxylic acids is 4. The van der Waals surface area contributed by atoms with Crippen LogP contribution in [0, 0.1) is 83.1 Å². The van der Waals surface area contributed by atoms with Crippen molar-refractivity contribution in [1.82, 2.24) is 0 Å². The quantitative estimate of drug-likeness (QED) is 0.0171. The fraction of sp³-hybridized carbons (Fsp3) is 0.277. The number of anilines is 10. The summed E-state index contributed by atoms with van der Waals surface area (Å²) in [5.74, 6) is -1.73. The van der Waals surface area contributed by atoms with Gasteiger partial charge < -0.3 is 70.9 Å². The van der Waals surface area contributed by atoms with Crippen LogP contribution >= 0.6 is 118 Å². The summed E-state index contributed by atoms with van der Waals surface area (Å²) in [7, 11) is -7.64. The maximum absolute atomic E-state index is 13.3. The molecule has 3 fully saturated rings. The second-order valence-electron chi connectivity index (χ2n) is 30.9. The van der Waals surface area contributed by atoms with E-state index >= 15 is 0 Å². The number of hydrogen-bond acceptors (Lipinski definition) is 27. The number of nitrogen functional groups attached to an aromatic ring is 3. The number of thiophene rings is 4. The molecule has 0 atom stereocenters. The van der Waals surface area contributed by atoms with E-state index in [4.69, 9.17) is 88.5 Å². The third-order valence-electron chi connectivity index (χ3n) is 21.2. The summed E-state index contributed by atoms with van der Waals surface area (Å²) < 4.78 is 132. The summed E-state index contributed by atoms with van der Waals surface area (Å²) in [6.07, 6.45) is 0. The summed E-state index contributed by atoms with van der Waals surface area (Å²) in [6, 6.07) is 37.6. The van der Waals surface area contributed by atoms with Gasteiger partial charge in [-0.2, -0.15) is 0 Å². The van der Waals surface area contributed by atoms with Gasteiger partial charge in [0.25, 0.3) is 40.9 Å². The minimum Gasteiger partial charge on any atom is -0.571 e. The minimum atomic E-state index is -4.00. The van der Waals surface area contributed by atoms with Crippen molar-refractivity contribution in [1.29, 1.82) is 0 Å². The Morgan fingerprint density at radius 2 is 0.708 bits per heavy atom. The molecule has 0 spiro atoms. The van der Waals surface area contributed by atoms with Gasteiger partial charge in [-0.05, 0) is 287 Å². The number of amides is 2. The first-order chi connectivity index (χ1) is 64.2. The molecular weight excluding hydrogens is 2090 g/mol. The number of halogens is 6. The molecule has 28 nitrogen and oxygen atoms in total. The van der Waals surface area contributed by atoms with Gasteiger partial charge in [0.05, 0.1) is 95.4 Å². The van der Waals surface area contributed by atoms with Gasteiger partial charge in [-0.25, -0.2) is 43.3 Å². The van der Waals surface area contributed by atoms with E-state index < -0.39 is 51.0 Å². The van der Waals surface area contributed by atoms with Crippen LogP contribution in [0.5, 0.6) is 0 Å². The molecule has 15 rings (SSSR count). The molecule has 0 saturated carbocycles. The zero-order valence-corrected chi connectivity index (χ0v) is 91.5. The van der Waals surface area contributed by atoms with E-state index in [-0.39, 0.29) is 92.7 Å². The first kappa shape index (κ1) is 114. The normalized spacial score (nSPS) is 13.0. The van der Waals surface area contributed by atoms with Crippen molar-refractivity contribution in [2.75, 3.05) is 145 Å². The summed E-state index contributed by atoms with van der Waals surface area (Å²) >= 11 is 31.2. The van der Waals surface area contributed by atoms with E-state index in [1.54, 1.807) is 33.7 Å². The molecule has 3 aliphatic rings. The third-order valence-corrected chi connectivity index (χ3v) is 32.5. The number of aryl methyl sites for hydroxylation is 8. The number of nitrogens with two attached hydrogens (primary N) is 3. The molecule has 10 N–H and O–H groups in total. The number of methoxy groups -OCH3 is 2. The van der Waals surface area contributed by atoms with Crippen LogP contribution in [-0.4, -0.2) is 151 Å². The molecule has 728 valence electrons. The predicted octanol–water partition coefficient (Wildman–Crippen LogP) is 19.4. The molecule has 0 radical (unpaired) electrons. The Bertz CT molecular complexity index is 6510. The standard InChI is InChI=1S/2C24H26ClN3O4S2.C13H20N2O.C12H10ClNO4S2.C9H12BrN.C6H4Cl2O2S.C6H7NO2S.Na/c2*1-15-14-16(2)22(28-9-11-32-12-10-28)17(3)21(15)26-24(29)23-20(8-13-33-23)27-34(30,31)19-6-4-18(25)5-7-19;1-9-8-10(2)13(11(3)12(9)14)15-4-6-16-7-5-15;1-18-12(15)11-10(6-7-19-11)14-20(16,17)9-4-2-8(13)3-5-9;1-5-4-6(2)9(11)7(3)8(5)10;7-5-1-3-6(4-2-5)11(8,9)10;1-9-6(8)5-4(7)2-3-10-5;/h4-8,13-14H,9-12H2,1-3H3,(H2,26,27,29);4-8,13-14,27H,9-12H2,1-3H3,(H,26,29);8H,4-7,14H2,1-3H3;2-7,14H,1H3;4H,11H2,1-3H3;1-4H;2-3H,7H2,1H3;/q;;;;;;;+1/p-1. The number of morpholine rings is 3. The van der Waals surface area contributed by atoms with E-state index in [2.05, 4.69) is 131 Å². The molecule has 43 heteroatoms. The number of nitrogens with zero attached hydrogens (tertiary/aromatic N) is 4. The minimum absolute atomic E-state index is 0. The molecule has 7 heterocycles. The summed E-state index contributed by atoms with van der Waals surface area (Å²) in [5, 5.41) is 14.5. The van der Waals surface area contributed by atoms with Gasteiger partial charge in [-0.3, -0.25) is 19.0 Å². The average Bonchev–Trinajstić information content (AvgIpc) is 1.62. The van der Waals surface area contributed by atoms with Gasteiger partial charge >= 0.3 is 41.5 Å². The van der Waals surface area contributed by atoms with Crippen LogP contribution in [0.1, 0.15) is 105 Å². The summed E-state index contributed by atoms with van der Waals surface area (Å²) in [4.78, 5) is 57.1. The third kappa shape index (κ3) is 30.9. The van der Waals surface area contributed by atoms with E-state index in [1.807, 2.05) is 41.5 Å². The smallest absolute Gasteiger partial charge is 0.571 e. The van der Waals surface area contributed by atoms with E-state index in [9.17, 15) is 52.8 Å². The molecule has 0 aliphatic carbocycles. The Morgan fingerprint density at radius 1 is 0.394 bits per heavy atom. The fourth-order valence-corrected chi connectivity index (χ4v) is 22.5. The van der Waals surface area contributed by atoms with Crippen LogP contribution in [0.15, 0.2) is 191 Å². The van der Waals surface area contributed by atoms with Crippen molar-refractivity contribution in [3.8, 4) is 0 Å². The molecule has 0 unspecified atom stereocenters. The Balaban J connectivity index is 0.000000207. The molecule has 12 aromatic rings. The number of rotatable bonds is 19. The van der Waals surface area contributed by atoms with Crippen molar-refractivity contribution >= 4 is 244 Å². The summed E-state index contributed by atoms with van der Waals surface area (Å²) in [5.41, 5.74) is 38.4. The van der Waals surface area contributed by atoms with Crippen molar-refractivity contribution in [2.24, 2.45) is 0 Å². The summed E-state index contributed by atoms with van der Waals surface area (Å²) in [6.45, 7) is 33.9. The molecule has 2 amide bonds. The number of hydrogen-bond donors (Lipinski definition) is 7. The maximum atomic E-state index is 13.3. The predicted molar refractivity (Wildman–Crippen MR) is 559 cm³/mol. The topological polar surface area (TPSA) is 401 Å². The van der Waals surface area contributed by atoms with Crippen LogP contribution in [0.2, 0.25) is 20.1 Å². The molecule has 4 aromatic heterocycles. The number of ether oxygens (including phenoxy) is 5. The SMILES string of the molecule is COC(=O)c1sccc1N.COC(=O)c1sccc1NS(=O)(=O)c1ccc(Cl)cc1.Cc1cc(C)c(Br)c(C)c1N.Cc1cc(C)c(N2CCOCC2)c(C)c1N.Cc1cc(C)c(N2CCOCC2)c(C)c1NC(=O)c1sccc1NS(=O)(=O)c1ccc(Cl)cc1.Cc1cc(C)c(N2CCOCC2)c(C)c1NC(=O)c1sccc1[N-]S(=O)(=O)c1ccc(Cl)cc1.O=S(=O)(Cl)c1ccc(Cl)cc1.[Na+]. The zero-order chi connectivity index (χ0) is 100. The average molecular weight is 2200 g/mol. The van der Waals surface area contributed by atoms with Crippen LogP contribution in [0.25, 0.3) is 4.72 Å². The van der Waals surface area contributed by atoms with Crippen molar-refractivity contribution < 1.29 is 106 Å². The molecule has 3 aliphatic heterocycles. The van der Waals surface area contributed by atoms with Gasteiger partial charge in [-0.15, -0.1) is 51.0 Å². The monoisotopic (exact) mass is 2190 g/mol. The van der Waals surface area contributed by atoms with Gasteiger partial charge in [-0.1, -0.05) is 92.7 Å². The van der Waals surface area contributed by atoms with Gasteiger partial charge in [0, 0.05) is 114 Å². The number of benzene rings is 8. The first-order valence-electron chi connectivity index (χ1n) is 41.6. The second-order valence-corrected chi connectivity index (χ2v) is 44.6. The molecule has 3 saturated heterocycles. The second kappa shape index (κ2) is 51.6. The Labute approximate surface area is 871 Å². The Morgan fingerprint density at radius 3 is 1.09 bits per heavy atom. The van der Waals surface area contributed by atoms with Gasteiger partial charge in [0.1, 0.15) is 24.7 Å². The maximum Gasteiger partial charge on any atom is 1.00 e. The molecule has 137 heavy (non-hydrogen) atoms. The van der Waals surface area contributed by atoms with Crippen molar-refractivity contribution in [2.45, 2.75) is 103 Å². The number of esters is 2. The fourth-order valence-electron chi connectivity index (χ4n) is 14.6. The first-order valence-corrected chi connectivity index (χ1v) is 54.2. The van der Waals surface area contributed by atoms with E-state index in [0.29, 0.717) is 57.1 Å². The van der Waals surface area contributed by atoms with E-state index in [0.717, 1.165) is 158 Å². The van der Waals surface area contributed by atoms with Crippen LogP contribution in [0.4, 0.5) is 62.6 Å². The van der Waals surface area contributed by atoms with Crippen LogP contribution in [-0.2, 0) is 62.8 Å². The van der Waals surface area contributed by atoms with E-state index in [1.165, 1.54) is 174 Å². The van der Waals surface area contributed by atoms with Gasteiger partial charge in [0.2, 0.25) is 0 Å². The molecule has 8 aromatic carbocycles. The molecular formula is C94H104BrCl5N11NaO17S8. The largest absolute Gasteiger partial charge is 1.00 e. The van der Waals surface area contributed by atoms with Crippen molar-refractivity contribution in [3.05, 3.63) is 283 Å². The Hall–Kier alpha value is -8.75. The number of sulfonamides is 3. The Kier molecular flexibility index (Phi) is 42.8. The molecule has 0 bridgehead atoms. The number of carbonyl (C=O) groups is 4. The number of nitrogens with one attached hydrogen (secondary N) is 4.